The van der Waals surface area contributed by atoms with Gasteiger partial charge in [-0.2, -0.15) is 4.98 Å². The van der Waals surface area contributed by atoms with Crippen LogP contribution in [0.15, 0.2) is 51.8 Å². The molecule has 1 N–H and O–H groups in total. The van der Waals surface area contributed by atoms with Gasteiger partial charge in [-0.1, -0.05) is 0 Å². The second-order valence-electron chi connectivity index (χ2n) is 8.53. The zero-order valence-corrected chi connectivity index (χ0v) is 19.7. The molecule has 1 aromatic heterocycles. The Balaban J connectivity index is 1.19. The van der Waals surface area contributed by atoms with Crippen molar-refractivity contribution >= 4 is 42.7 Å². The molecule has 1 aliphatic carbocycles. The lowest BCUT2D eigenvalue weighted by molar-refractivity contribution is 0.135. The van der Waals surface area contributed by atoms with Gasteiger partial charge in [0.25, 0.3) is 6.01 Å². The van der Waals surface area contributed by atoms with E-state index in [0.717, 1.165) is 24.8 Å². The topological polar surface area (TPSA) is 119 Å². The maximum Gasteiger partial charge on any atom is 0.300 e. The molecular weight excluding hydrogens is 466 g/mol. The van der Waals surface area contributed by atoms with Crippen LogP contribution in [0.2, 0.25) is 0 Å². The third-order valence-electron chi connectivity index (χ3n) is 5.90. The fraction of sp³-hybridized carbons (Fsp3) is 0.409. The number of fused-ring (bicyclic) bond motifs is 1. The van der Waals surface area contributed by atoms with Crippen LogP contribution in [-0.2, 0) is 19.9 Å². The van der Waals surface area contributed by atoms with E-state index in [-0.39, 0.29) is 22.3 Å². The van der Waals surface area contributed by atoms with Crippen LogP contribution < -0.4 is 10.1 Å². The fourth-order valence-corrected chi connectivity index (χ4v) is 6.42. The maximum atomic E-state index is 12.4. The predicted octanol–water partition coefficient (Wildman–Crippen LogP) is 3.31. The minimum Gasteiger partial charge on any atom is -0.490 e. The number of sulfonamides is 1. The van der Waals surface area contributed by atoms with Crippen LogP contribution in [0.3, 0.4) is 0 Å². The number of aromatic nitrogens is 1. The summed E-state index contributed by atoms with van der Waals surface area (Å²) in [5.74, 6) is 0.708. The Morgan fingerprint density at radius 1 is 1.00 bits per heavy atom. The van der Waals surface area contributed by atoms with Gasteiger partial charge < -0.3 is 14.5 Å². The number of rotatable bonds is 7. The lowest BCUT2D eigenvalue weighted by Gasteiger charge is -2.31. The summed E-state index contributed by atoms with van der Waals surface area (Å²) in [7, 11) is -6.44. The Morgan fingerprint density at radius 3 is 2.33 bits per heavy atom. The van der Waals surface area contributed by atoms with Crippen LogP contribution in [0, 0.1) is 0 Å². The summed E-state index contributed by atoms with van der Waals surface area (Å²) in [6.45, 7) is 1.00. The Kier molecular flexibility index (Phi) is 5.58. The van der Waals surface area contributed by atoms with Gasteiger partial charge in [-0.25, -0.2) is 21.1 Å². The van der Waals surface area contributed by atoms with Crippen LogP contribution >= 0.6 is 0 Å². The minimum absolute atomic E-state index is 0.0180. The van der Waals surface area contributed by atoms with E-state index >= 15 is 0 Å². The van der Waals surface area contributed by atoms with E-state index in [1.165, 1.54) is 12.1 Å². The summed E-state index contributed by atoms with van der Waals surface area (Å²) >= 11 is 0. The maximum absolute atomic E-state index is 12.4. The Labute approximate surface area is 192 Å². The summed E-state index contributed by atoms with van der Waals surface area (Å²) in [4.78, 5) is 4.50. The van der Waals surface area contributed by atoms with Crippen molar-refractivity contribution in [1.29, 1.82) is 0 Å². The van der Waals surface area contributed by atoms with Gasteiger partial charge in [0.1, 0.15) is 17.4 Å². The highest BCUT2D eigenvalue weighted by molar-refractivity contribution is 7.90. The van der Waals surface area contributed by atoms with Crippen molar-refractivity contribution in [3.05, 3.63) is 42.5 Å². The van der Waals surface area contributed by atoms with Gasteiger partial charge in [-0.3, -0.25) is 0 Å². The first-order valence-corrected chi connectivity index (χ1v) is 14.2. The number of hydrogen-bond acceptors (Lipinski definition) is 8. The molecule has 9 nitrogen and oxygen atoms in total. The average molecular weight is 492 g/mol. The van der Waals surface area contributed by atoms with Crippen LogP contribution in [0.5, 0.6) is 5.75 Å². The van der Waals surface area contributed by atoms with Crippen molar-refractivity contribution in [3.8, 4) is 5.75 Å². The Morgan fingerprint density at radius 2 is 1.70 bits per heavy atom. The van der Waals surface area contributed by atoms with Crippen molar-refractivity contribution < 1.29 is 26.0 Å². The average Bonchev–Trinajstić information content (AvgIpc) is 3.56. The molecule has 0 radical (unpaired) electrons. The highest BCUT2D eigenvalue weighted by Crippen LogP contribution is 2.33. The predicted molar refractivity (Wildman–Crippen MR) is 124 cm³/mol. The standard InChI is InChI=1S/C22H25N3O6S2/c1-32(26,27)19-8-9-21-20(14-19)24-22(31-21)23-15-2-4-16(5-3-15)30-17-10-12-25(13-11-17)33(28,29)18-6-7-18/h2-5,8-9,14,17-18H,6-7,10-13H2,1H3,(H,23,24). The molecule has 176 valence electrons. The molecule has 0 amide bonds. The Bertz CT molecular complexity index is 1370. The fourth-order valence-electron chi connectivity index (χ4n) is 3.91. The first kappa shape index (κ1) is 22.2. The van der Waals surface area contributed by atoms with Crippen LogP contribution in [0.4, 0.5) is 11.7 Å². The number of oxazole rings is 1. The largest absolute Gasteiger partial charge is 0.490 e. The molecule has 2 heterocycles. The molecule has 11 heteroatoms. The second-order valence-corrected chi connectivity index (χ2v) is 12.8. The van der Waals surface area contributed by atoms with Gasteiger partial charge in [0.05, 0.1) is 10.1 Å². The summed E-state index contributed by atoms with van der Waals surface area (Å²) in [5.41, 5.74) is 1.68. The summed E-state index contributed by atoms with van der Waals surface area (Å²) in [6, 6.07) is 12.1. The second kappa shape index (κ2) is 8.30. The molecule has 2 fully saturated rings. The summed E-state index contributed by atoms with van der Waals surface area (Å²) in [6.07, 6.45) is 4.04. The molecule has 2 aromatic carbocycles. The SMILES string of the molecule is CS(=O)(=O)c1ccc2oc(Nc3ccc(OC4CCN(S(=O)(=O)C5CC5)CC4)cc3)nc2c1. The molecule has 3 aromatic rings. The molecular formula is C22H25N3O6S2. The number of nitrogens with one attached hydrogen (secondary N) is 1. The lowest BCUT2D eigenvalue weighted by atomic mass is 10.1. The highest BCUT2D eigenvalue weighted by Gasteiger charge is 2.41. The van der Waals surface area contributed by atoms with E-state index in [9.17, 15) is 16.8 Å². The lowest BCUT2D eigenvalue weighted by Crippen LogP contribution is -2.43. The molecule has 2 aliphatic rings. The van der Waals surface area contributed by atoms with E-state index in [1.807, 2.05) is 24.3 Å². The number of hydrogen-bond donors (Lipinski definition) is 1. The van der Waals surface area contributed by atoms with Gasteiger partial charge in [-0.15, -0.1) is 0 Å². The zero-order chi connectivity index (χ0) is 23.2. The number of ether oxygens (including phenoxy) is 1. The van der Waals surface area contributed by atoms with Gasteiger partial charge in [0, 0.05) is 25.0 Å². The molecule has 33 heavy (non-hydrogen) atoms. The van der Waals surface area contributed by atoms with Gasteiger partial charge >= 0.3 is 0 Å². The van der Waals surface area contributed by atoms with E-state index in [0.29, 0.717) is 42.8 Å². The number of piperidine rings is 1. The molecule has 0 unspecified atom stereocenters. The van der Waals surface area contributed by atoms with E-state index < -0.39 is 19.9 Å². The van der Waals surface area contributed by atoms with Crippen LogP contribution in [-0.4, -0.2) is 56.8 Å². The van der Waals surface area contributed by atoms with Crippen LogP contribution in [0.25, 0.3) is 11.1 Å². The van der Waals surface area contributed by atoms with E-state index in [1.54, 1.807) is 10.4 Å². The quantitative estimate of drug-likeness (QED) is 0.535. The number of benzene rings is 2. The smallest absolute Gasteiger partial charge is 0.300 e. The number of nitrogens with zero attached hydrogens (tertiary/aromatic N) is 2. The number of anilines is 2. The molecule has 0 bridgehead atoms. The normalized spacial score (nSPS) is 18.5. The van der Waals surface area contributed by atoms with E-state index in [4.69, 9.17) is 9.15 Å². The van der Waals surface area contributed by atoms with Crippen molar-refractivity contribution in [2.24, 2.45) is 0 Å². The first-order chi connectivity index (χ1) is 15.7. The summed E-state index contributed by atoms with van der Waals surface area (Å²) in [5, 5.41) is 2.90. The van der Waals surface area contributed by atoms with Crippen molar-refractivity contribution in [2.75, 3.05) is 24.7 Å². The van der Waals surface area contributed by atoms with Crippen molar-refractivity contribution in [1.82, 2.24) is 9.29 Å². The zero-order valence-electron chi connectivity index (χ0n) is 18.1. The molecule has 5 rings (SSSR count). The first-order valence-electron chi connectivity index (χ1n) is 10.8. The minimum atomic E-state index is -3.32. The monoisotopic (exact) mass is 491 g/mol. The summed E-state index contributed by atoms with van der Waals surface area (Å²) < 4.78 is 61.5. The van der Waals surface area contributed by atoms with E-state index in [2.05, 4.69) is 10.3 Å². The molecule has 1 saturated carbocycles. The molecule has 0 spiro atoms. The molecule has 1 aliphatic heterocycles. The molecule has 0 atom stereocenters. The van der Waals surface area contributed by atoms with Crippen molar-refractivity contribution in [3.63, 3.8) is 0 Å². The van der Waals surface area contributed by atoms with Crippen LogP contribution in [0.1, 0.15) is 25.7 Å². The molecule has 1 saturated heterocycles. The number of sulfone groups is 1. The van der Waals surface area contributed by atoms with Gasteiger partial charge in [0.15, 0.2) is 15.4 Å². The van der Waals surface area contributed by atoms with Gasteiger partial charge in [-0.05, 0) is 68.1 Å². The third-order valence-corrected chi connectivity index (χ3v) is 9.41. The third kappa shape index (κ3) is 4.85. The van der Waals surface area contributed by atoms with Crippen molar-refractivity contribution in [2.45, 2.75) is 41.9 Å². The Hall–Kier alpha value is -2.63. The van der Waals surface area contributed by atoms with Gasteiger partial charge in [0.2, 0.25) is 10.0 Å². The highest BCUT2D eigenvalue weighted by atomic mass is 32.2.